The molecule has 0 fully saturated rings. The summed E-state index contributed by atoms with van der Waals surface area (Å²) in [4.78, 5) is 48.4. The Kier molecular flexibility index (Phi) is 4.34. The van der Waals surface area contributed by atoms with Crippen LogP contribution in [0, 0.1) is 0 Å². The van der Waals surface area contributed by atoms with Crippen LogP contribution in [0.3, 0.4) is 0 Å². The minimum Gasteiger partial charge on any atom is -0.467 e. The molecule has 0 spiro atoms. The van der Waals surface area contributed by atoms with Crippen LogP contribution in [0.4, 0.5) is 0 Å². The molecular formula is C17H14N2O6. The van der Waals surface area contributed by atoms with E-state index in [9.17, 15) is 19.2 Å². The van der Waals surface area contributed by atoms with Crippen LogP contribution in [-0.2, 0) is 16.1 Å². The van der Waals surface area contributed by atoms with Gasteiger partial charge in [-0.1, -0.05) is 0 Å². The van der Waals surface area contributed by atoms with E-state index in [0.717, 1.165) is 4.90 Å². The molecule has 0 saturated carbocycles. The first kappa shape index (κ1) is 16.4. The Labute approximate surface area is 142 Å². The molecule has 1 aromatic heterocycles. The lowest BCUT2D eigenvalue weighted by Crippen LogP contribution is -2.28. The predicted octanol–water partition coefficient (Wildman–Crippen LogP) is 0.979. The van der Waals surface area contributed by atoms with Crippen LogP contribution in [0.1, 0.15) is 36.8 Å². The standard InChI is InChI=1S/C17H14N2O6/c1-19-15(21)12-5-4-10(7-13(12)16(19)22)17(23)25-9-14(20)18-8-11-3-2-6-24-11/h2-7H,8-9H2,1H3,(H,18,20). The number of furan rings is 1. The Balaban J connectivity index is 1.58. The highest BCUT2D eigenvalue weighted by Gasteiger charge is 2.33. The van der Waals surface area contributed by atoms with Gasteiger partial charge in [0.15, 0.2) is 6.61 Å². The summed E-state index contributed by atoms with van der Waals surface area (Å²) in [5.74, 6) is -1.57. The molecule has 1 aliphatic heterocycles. The molecule has 1 N–H and O–H groups in total. The van der Waals surface area contributed by atoms with E-state index in [1.54, 1.807) is 12.1 Å². The van der Waals surface area contributed by atoms with Gasteiger partial charge < -0.3 is 14.5 Å². The molecule has 0 unspecified atom stereocenters. The highest BCUT2D eigenvalue weighted by atomic mass is 16.5. The van der Waals surface area contributed by atoms with E-state index in [4.69, 9.17) is 9.15 Å². The molecule has 3 rings (SSSR count). The number of benzene rings is 1. The van der Waals surface area contributed by atoms with Gasteiger partial charge in [-0.25, -0.2) is 4.79 Å². The van der Waals surface area contributed by atoms with Gasteiger partial charge in [-0.05, 0) is 30.3 Å². The van der Waals surface area contributed by atoms with Gasteiger partial charge >= 0.3 is 5.97 Å². The fourth-order valence-electron chi connectivity index (χ4n) is 2.35. The Hall–Kier alpha value is -3.42. The number of hydrogen-bond donors (Lipinski definition) is 1. The number of fused-ring (bicyclic) bond motifs is 1. The third-order valence-electron chi connectivity index (χ3n) is 3.70. The molecule has 25 heavy (non-hydrogen) atoms. The maximum absolute atomic E-state index is 12.0. The minimum atomic E-state index is -0.759. The zero-order valence-corrected chi connectivity index (χ0v) is 13.3. The highest BCUT2D eigenvalue weighted by Crippen LogP contribution is 2.22. The Morgan fingerprint density at radius 1 is 1.16 bits per heavy atom. The number of amides is 3. The highest BCUT2D eigenvalue weighted by molar-refractivity contribution is 6.21. The van der Waals surface area contributed by atoms with Crippen LogP contribution in [0.2, 0.25) is 0 Å². The van der Waals surface area contributed by atoms with E-state index in [1.165, 1.54) is 31.5 Å². The molecule has 1 aliphatic rings. The van der Waals surface area contributed by atoms with Crippen LogP contribution in [0.25, 0.3) is 0 Å². The second-order valence-corrected chi connectivity index (χ2v) is 5.36. The fourth-order valence-corrected chi connectivity index (χ4v) is 2.35. The summed E-state index contributed by atoms with van der Waals surface area (Å²) in [6.07, 6.45) is 1.48. The zero-order valence-electron chi connectivity index (χ0n) is 13.3. The zero-order chi connectivity index (χ0) is 18.0. The molecule has 0 atom stereocenters. The summed E-state index contributed by atoms with van der Waals surface area (Å²) < 4.78 is 9.98. The Morgan fingerprint density at radius 3 is 2.64 bits per heavy atom. The summed E-state index contributed by atoms with van der Waals surface area (Å²) in [5, 5.41) is 2.54. The largest absolute Gasteiger partial charge is 0.467 e. The Bertz CT molecular complexity index is 856. The lowest BCUT2D eigenvalue weighted by atomic mass is 10.1. The molecule has 0 aliphatic carbocycles. The SMILES string of the molecule is CN1C(=O)c2ccc(C(=O)OCC(=O)NCc3ccco3)cc2C1=O. The molecule has 1 aromatic carbocycles. The molecule has 0 bridgehead atoms. The molecule has 8 nitrogen and oxygen atoms in total. The lowest BCUT2D eigenvalue weighted by Gasteiger charge is -2.06. The predicted molar refractivity (Wildman–Crippen MR) is 83.7 cm³/mol. The van der Waals surface area contributed by atoms with Crippen LogP contribution in [-0.4, -0.2) is 42.2 Å². The van der Waals surface area contributed by atoms with Crippen LogP contribution < -0.4 is 5.32 Å². The lowest BCUT2D eigenvalue weighted by molar-refractivity contribution is -0.124. The number of nitrogens with zero attached hydrogens (tertiary/aromatic N) is 1. The van der Waals surface area contributed by atoms with E-state index in [-0.39, 0.29) is 23.2 Å². The number of carbonyl (C=O) groups excluding carboxylic acids is 4. The van der Waals surface area contributed by atoms with Crippen LogP contribution in [0.5, 0.6) is 0 Å². The molecule has 128 valence electrons. The van der Waals surface area contributed by atoms with Crippen molar-refractivity contribution in [3.8, 4) is 0 Å². The second-order valence-electron chi connectivity index (χ2n) is 5.36. The topological polar surface area (TPSA) is 106 Å². The van der Waals surface area contributed by atoms with Gasteiger partial charge in [0, 0.05) is 7.05 Å². The van der Waals surface area contributed by atoms with Gasteiger partial charge in [0.25, 0.3) is 17.7 Å². The van der Waals surface area contributed by atoms with E-state index in [1.807, 2.05) is 0 Å². The fraction of sp³-hybridized carbons (Fsp3) is 0.176. The van der Waals surface area contributed by atoms with Gasteiger partial charge in [-0.2, -0.15) is 0 Å². The molecule has 8 heteroatoms. The van der Waals surface area contributed by atoms with Gasteiger partial charge in [0.05, 0.1) is 29.5 Å². The van der Waals surface area contributed by atoms with Gasteiger partial charge in [0.1, 0.15) is 5.76 Å². The second kappa shape index (κ2) is 6.60. The number of ether oxygens (including phenoxy) is 1. The van der Waals surface area contributed by atoms with E-state index >= 15 is 0 Å². The average molecular weight is 342 g/mol. The first-order valence-electron chi connectivity index (χ1n) is 7.40. The van der Waals surface area contributed by atoms with E-state index in [2.05, 4.69) is 5.32 Å². The van der Waals surface area contributed by atoms with Crippen molar-refractivity contribution >= 4 is 23.7 Å². The maximum Gasteiger partial charge on any atom is 0.338 e. The van der Waals surface area contributed by atoms with E-state index < -0.39 is 30.3 Å². The maximum atomic E-state index is 12.0. The monoisotopic (exact) mass is 342 g/mol. The van der Waals surface area contributed by atoms with Crippen LogP contribution in [0.15, 0.2) is 41.0 Å². The first-order chi connectivity index (χ1) is 12.0. The molecule has 2 aromatic rings. The van der Waals surface area contributed by atoms with Gasteiger partial charge in [-0.15, -0.1) is 0 Å². The normalized spacial score (nSPS) is 12.9. The summed E-state index contributed by atoms with van der Waals surface area (Å²) in [6.45, 7) is -0.283. The molecule has 3 amide bonds. The van der Waals surface area contributed by atoms with Crippen molar-refractivity contribution in [3.05, 3.63) is 59.0 Å². The minimum absolute atomic E-state index is 0.0917. The number of hydrogen-bond acceptors (Lipinski definition) is 6. The average Bonchev–Trinajstić information content (AvgIpc) is 3.21. The number of rotatable bonds is 5. The summed E-state index contributed by atoms with van der Waals surface area (Å²) in [7, 11) is 1.37. The van der Waals surface area contributed by atoms with E-state index in [0.29, 0.717) is 5.76 Å². The third-order valence-corrected chi connectivity index (χ3v) is 3.70. The number of carbonyl (C=O) groups is 4. The van der Waals surface area contributed by atoms with Crippen molar-refractivity contribution in [1.29, 1.82) is 0 Å². The number of nitrogens with one attached hydrogen (secondary N) is 1. The quantitative estimate of drug-likeness (QED) is 0.641. The number of esters is 1. The summed E-state index contributed by atoms with van der Waals surface area (Å²) in [5.41, 5.74) is 0.471. The van der Waals surface area contributed by atoms with Crippen molar-refractivity contribution in [3.63, 3.8) is 0 Å². The summed E-state index contributed by atoms with van der Waals surface area (Å²) in [6, 6.07) is 7.46. The third kappa shape index (κ3) is 3.27. The van der Waals surface area contributed by atoms with Crippen LogP contribution >= 0.6 is 0 Å². The smallest absolute Gasteiger partial charge is 0.338 e. The molecule has 0 radical (unpaired) electrons. The first-order valence-corrected chi connectivity index (χ1v) is 7.40. The molecular weight excluding hydrogens is 328 g/mol. The van der Waals surface area contributed by atoms with Crippen molar-refractivity contribution < 1.29 is 28.3 Å². The number of imide groups is 1. The van der Waals surface area contributed by atoms with Gasteiger partial charge in [0.2, 0.25) is 0 Å². The van der Waals surface area contributed by atoms with Crippen molar-refractivity contribution in [1.82, 2.24) is 10.2 Å². The Morgan fingerprint density at radius 2 is 1.92 bits per heavy atom. The van der Waals surface area contributed by atoms with Crippen molar-refractivity contribution in [2.75, 3.05) is 13.7 Å². The molecule has 2 heterocycles. The summed E-state index contributed by atoms with van der Waals surface area (Å²) >= 11 is 0. The van der Waals surface area contributed by atoms with Gasteiger partial charge in [-0.3, -0.25) is 19.3 Å². The van der Waals surface area contributed by atoms with Crippen molar-refractivity contribution in [2.24, 2.45) is 0 Å². The molecule has 0 saturated heterocycles. The van der Waals surface area contributed by atoms with Crippen molar-refractivity contribution in [2.45, 2.75) is 6.54 Å².